The molecule has 8 nitrogen and oxygen atoms in total. The Kier molecular flexibility index (Phi) is 8.31. The van der Waals surface area contributed by atoms with Gasteiger partial charge in [-0.15, -0.1) is 0 Å². The first kappa shape index (κ1) is 26.2. The summed E-state index contributed by atoms with van der Waals surface area (Å²) in [5, 5.41) is 2.92. The van der Waals surface area contributed by atoms with Crippen LogP contribution in [0.1, 0.15) is 43.7 Å². The van der Waals surface area contributed by atoms with Gasteiger partial charge in [-0.1, -0.05) is 12.1 Å². The minimum atomic E-state index is -3.72. The van der Waals surface area contributed by atoms with Gasteiger partial charge in [0.15, 0.2) is 0 Å². The minimum Gasteiger partial charge on any atom is -0.494 e. The van der Waals surface area contributed by atoms with Crippen LogP contribution < -0.4 is 10.1 Å². The molecule has 0 spiro atoms. The van der Waals surface area contributed by atoms with Gasteiger partial charge in [0, 0.05) is 31.9 Å². The van der Waals surface area contributed by atoms with Gasteiger partial charge < -0.3 is 15.0 Å². The van der Waals surface area contributed by atoms with Crippen LogP contribution in [0, 0.1) is 12.8 Å². The predicted octanol–water partition coefficient (Wildman–Crippen LogP) is 3.60. The Balaban J connectivity index is 1.36. The van der Waals surface area contributed by atoms with Crippen LogP contribution in [0.2, 0.25) is 0 Å². The number of anilines is 1. The maximum absolute atomic E-state index is 13.3. The number of likely N-dealkylation sites (tertiary alicyclic amines) is 1. The lowest BCUT2D eigenvalue weighted by Gasteiger charge is -2.31. The lowest BCUT2D eigenvalue weighted by Crippen LogP contribution is -2.43. The van der Waals surface area contributed by atoms with E-state index in [1.165, 1.54) is 4.31 Å². The highest BCUT2D eigenvalue weighted by Crippen LogP contribution is 2.28. The predicted molar refractivity (Wildman–Crippen MR) is 138 cm³/mol. The lowest BCUT2D eigenvalue weighted by atomic mass is 9.98. The number of carbonyl (C=O) groups is 2. The third-order valence-corrected chi connectivity index (χ3v) is 8.74. The fourth-order valence-electron chi connectivity index (χ4n) is 4.83. The van der Waals surface area contributed by atoms with Crippen LogP contribution in [0.15, 0.2) is 47.4 Å². The van der Waals surface area contributed by atoms with Crippen LogP contribution in [-0.2, 0) is 26.0 Å². The van der Waals surface area contributed by atoms with Gasteiger partial charge in [0.1, 0.15) is 5.75 Å². The molecule has 1 atom stereocenters. The summed E-state index contributed by atoms with van der Waals surface area (Å²) in [4.78, 5) is 27.4. The van der Waals surface area contributed by atoms with Gasteiger partial charge in [-0.2, -0.15) is 4.31 Å². The van der Waals surface area contributed by atoms with E-state index in [4.69, 9.17) is 4.74 Å². The van der Waals surface area contributed by atoms with Crippen molar-refractivity contribution in [3.63, 3.8) is 0 Å². The highest BCUT2D eigenvalue weighted by Gasteiger charge is 2.33. The Hall–Kier alpha value is -2.91. The molecule has 2 heterocycles. The van der Waals surface area contributed by atoms with Gasteiger partial charge in [0.2, 0.25) is 21.8 Å². The Bertz CT molecular complexity index is 1190. The van der Waals surface area contributed by atoms with Crippen molar-refractivity contribution in [2.45, 2.75) is 50.8 Å². The first-order chi connectivity index (χ1) is 17.3. The Labute approximate surface area is 213 Å². The maximum atomic E-state index is 13.3. The Morgan fingerprint density at radius 2 is 1.75 bits per heavy atom. The quantitative estimate of drug-likeness (QED) is 0.582. The van der Waals surface area contributed by atoms with Crippen LogP contribution in [0.5, 0.6) is 5.75 Å². The second-order valence-electron chi connectivity index (χ2n) is 9.51. The average Bonchev–Trinajstić information content (AvgIpc) is 3.42. The van der Waals surface area contributed by atoms with Crippen LogP contribution in [0.25, 0.3) is 0 Å². The van der Waals surface area contributed by atoms with E-state index in [2.05, 4.69) is 5.32 Å². The van der Waals surface area contributed by atoms with Gasteiger partial charge in [0.25, 0.3) is 0 Å². The van der Waals surface area contributed by atoms with Gasteiger partial charge in [0.05, 0.1) is 23.8 Å². The third kappa shape index (κ3) is 6.07. The summed E-state index contributed by atoms with van der Waals surface area (Å²) in [7, 11) is -3.72. The van der Waals surface area contributed by atoms with E-state index < -0.39 is 15.9 Å². The standard InChI is InChI=1S/C27H35N3O5S/c1-3-35-25-13-12-24(17-20(25)2)36(33,34)30-16-6-7-22(19-30)27(32)28-23-10-8-21(9-11-23)18-26(31)29-14-4-5-15-29/h8-13,17,22H,3-7,14-16,18-19H2,1-2H3,(H,28,32). The molecule has 2 aromatic carbocycles. The SMILES string of the molecule is CCOc1ccc(S(=O)(=O)N2CCCC(C(=O)Nc3ccc(CC(=O)N4CCCC4)cc3)C2)cc1C. The number of hydrogen-bond acceptors (Lipinski definition) is 5. The van der Waals surface area contributed by atoms with E-state index in [0.717, 1.165) is 37.1 Å². The lowest BCUT2D eigenvalue weighted by molar-refractivity contribution is -0.129. The second-order valence-corrected chi connectivity index (χ2v) is 11.5. The monoisotopic (exact) mass is 513 g/mol. The zero-order valence-corrected chi connectivity index (χ0v) is 21.9. The molecule has 0 saturated carbocycles. The van der Waals surface area contributed by atoms with E-state index in [9.17, 15) is 18.0 Å². The molecule has 2 amide bonds. The molecule has 2 aliphatic heterocycles. The molecule has 1 unspecified atom stereocenters. The van der Waals surface area contributed by atoms with Gasteiger partial charge >= 0.3 is 0 Å². The summed E-state index contributed by atoms with van der Waals surface area (Å²) >= 11 is 0. The smallest absolute Gasteiger partial charge is 0.243 e. The van der Waals surface area contributed by atoms with Crippen LogP contribution in [0.3, 0.4) is 0 Å². The molecule has 0 aromatic heterocycles. The van der Waals surface area contributed by atoms with Gasteiger partial charge in [-0.25, -0.2) is 8.42 Å². The number of amides is 2. The number of carbonyl (C=O) groups excluding carboxylic acids is 2. The molecule has 4 rings (SSSR count). The minimum absolute atomic E-state index is 0.135. The normalized spacial score (nSPS) is 18.7. The molecule has 2 fully saturated rings. The summed E-state index contributed by atoms with van der Waals surface area (Å²) in [6, 6.07) is 12.2. The van der Waals surface area contributed by atoms with E-state index in [0.29, 0.717) is 43.9 Å². The Morgan fingerprint density at radius 1 is 1.03 bits per heavy atom. The molecule has 1 N–H and O–H groups in total. The van der Waals surface area contributed by atoms with Gasteiger partial charge in [-0.3, -0.25) is 9.59 Å². The van der Waals surface area contributed by atoms with Crippen LogP contribution >= 0.6 is 0 Å². The number of ether oxygens (including phenoxy) is 1. The number of hydrogen-bond donors (Lipinski definition) is 1. The molecular weight excluding hydrogens is 478 g/mol. The van der Waals surface area contributed by atoms with Crippen molar-refractivity contribution in [3.8, 4) is 5.75 Å². The zero-order chi connectivity index (χ0) is 25.7. The van der Waals surface area contributed by atoms with Crippen molar-refractivity contribution < 1.29 is 22.7 Å². The van der Waals surface area contributed by atoms with Crippen molar-refractivity contribution in [1.29, 1.82) is 0 Å². The first-order valence-corrected chi connectivity index (χ1v) is 14.1. The average molecular weight is 514 g/mol. The highest BCUT2D eigenvalue weighted by atomic mass is 32.2. The number of nitrogens with zero attached hydrogens (tertiary/aromatic N) is 2. The summed E-state index contributed by atoms with van der Waals surface area (Å²) in [6.45, 7) is 6.41. The number of rotatable bonds is 8. The molecule has 0 aliphatic carbocycles. The molecule has 36 heavy (non-hydrogen) atoms. The van der Waals surface area contributed by atoms with E-state index in [-0.39, 0.29) is 23.3 Å². The Morgan fingerprint density at radius 3 is 2.42 bits per heavy atom. The molecule has 0 bridgehead atoms. The number of aryl methyl sites for hydroxylation is 1. The first-order valence-electron chi connectivity index (χ1n) is 12.7. The third-order valence-electron chi connectivity index (χ3n) is 6.87. The maximum Gasteiger partial charge on any atom is 0.243 e. The van der Waals surface area contributed by atoms with Crippen LogP contribution in [-0.4, -0.2) is 62.2 Å². The van der Waals surface area contributed by atoms with E-state index in [1.54, 1.807) is 30.3 Å². The largest absolute Gasteiger partial charge is 0.494 e. The molecule has 2 aliphatic rings. The van der Waals surface area contributed by atoms with Crippen molar-refractivity contribution in [2.75, 3.05) is 38.1 Å². The summed E-state index contributed by atoms with van der Waals surface area (Å²) < 4.78 is 33.5. The fraction of sp³-hybridized carbons (Fsp3) is 0.481. The van der Waals surface area contributed by atoms with Crippen molar-refractivity contribution >= 4 is 27.5 Å². The number of nitrogens with one attached hydrogen (secondary N) is 1. The van der Waals surface area contributed by atoms with E-state index >= 15 is 0 Å². The second kappa shape index (κ2) is 11.4. The van der Waals surface area contributed by atoms with E-state index in [1.807, 2.05) is 30.9 Å². The molecule has 2 aromatic rings. The number of sulfonamides is 1. The molecule has 9 heteroatoms. The van der Waals surface area contributed by atoms with Crippen molar-refractivity contribution in [1.82, 2.24) is 9.21 Å². The van der Waals surface area contributed by atoms with Crippen molar-refractivity contribution in [3.05, 3.63) is 53.6 Å². The molecular formula is C27H35N3O5S. The molecule has 194 valence electrons. The van der Waals surface area contributed by atoms with Crippen LogP contribution in [0.4, 0.5) is 5.69 Å². The van der Waals surface area contributed by atoms with Gasteiger partial charge in [-0.05, 0) is 81.0 Å². The molecule has 2 saturated heterocycles. The zero-order valence-electron chi connectivity index (χ0n) is 21.0. The summed E-state index contributed by atoms with van der Waals surface area (Å²) in [6.07, 6.45) is 3.73. The summed E-state index contributed by atoms with van der Waals surface area (Å²) in [5.41, 5.74) is 2.31. The topological polar surface area (TPSA) is 96.0 Å². The summed E-state index contributed by atoms with van der Waals surface area (Å²) in [5.74, 6) is 0.168. The molecule has 0 radical (unpaired) electrons. The number of piperidine rings is 1. The number of benzene rings is 2. The van der Waals surface area contributed by atoms with Crippen molar-refractivity contribution in [2.24, 2.45) is 5.92 Å². The fourth-order valence-corrected chi connectivity index (χ4v) is 6.44. The highest BCUT2D eigenvalue weighted by molar-refractivity contribution is 7.89.